The zero-order valence-electron chi connectivity index (χ0n) is 22.3. The summed E-state index contributed by atoms with van der Waals surface area (Å²) in [7, 11) is 0. The second-order valence-corrected chi connectivity index (χ2v) is 8.60. The quantitative estimate of drug-likeness (QED) is 0.145. The van der Waals surface area contributed by atoms with Crippen LogP contribution in [0.15, 0.2) is 126 Å². The molecule has 0 saturated carbocycles. The maximum Gasteiger partial charge on any atom is 0.358 e. The first-order valence-corrected chi connectivity index (χ1v) is 13.0. The van der Waals surface area contributed by atoms with Gasteiger partial charge in [-0.3, -0.25) is 0 Å². The molecule has 0 aliphatic carbocycles. The molecule has 0 aliphatic rings. The third kappa shape index (κ3) is 6.96. The number of aliphatic carboxylic acids is 1. The minimum atomic E-state index is -1.16. The van der Waals surface area contributed by atoms with Gasteiger partial charge in [0.25, 0.3) is 0 Å². The lowest BCUT2D eigenvalue weighted by Crippen LogP contribution is -2.32. The highest BCUT2D eigenvalue weighted by atomic mass is 16.7. The summed E-state index contributed by atoms with van der Waals surface area (Å²) in [5, 5.41) is 14.0. The minimum absolute atomic E-state index is 0.159. The van der Waals surface area contributed by atoms with Gasteiger partial charge >= 0.3 is 5.97 Å². The van der Waals surface area contributed by atoms with Crippen molar-refractivity contribution >= 4 is 11.7 Å². The van der Waals surface area contributed by atoms with Gasteiger partial charge in [0, 0.05) is 22.3 Å². The van der Waals surface area contributed by atoms with Gasteiger partial charge < -0.3 is 14.8 Å². The number of carbonyl (C=O) groups is 1. The third-order valence-corrected chi connectivity index (χ3v) is 6.41. The first-order valence-electron chi connectivity index (χ1n) is 13.0. The van der Waals surface area contributed by atoms with Crippen LogP contribution in [0.1, 0.15) is 43.0 Å². The second kappa shape index (κ2) is 14.5. The Morgan fingerprint density at radius 2 is 1.00 bits per heavy atom. The molecule has 0 radical (unpaired) electrons. The highest BCUT2D eigenvalue weighted by molar-refractivity contribution is 6.42. The van der Waals surface area contributed by atoms with Crippen molar-refractivity contribution in [2.75, 3.05) is 19.6 Å². The maximum atomic E-state index is 12.0. The molecular formula is C33H36N2O3. The molecule has 0 bridgehead atoms. The van der Waals surface area contributed by atoms with E-state index in [4.69, 9.17) is 4.84 Å². The van der Waals surface area contributed by atoms with E-state index in [1.165, 1.54) is 19.6 Å². The van der Waals surface area contributed by atoms with E-state index in [1.807, 2.05) is 97.1 Å². The van der Waals surface area contributed by atoms with Crippen molar-refractivity contribution in [3.8, 4) is 0 Å². The van der Waals surface area contributed by atoms with Crippen molar-refractivity contribution in [2.45, 2.75) is 26.4 Å². The summed E-state index contributed by atoms with van der Waals surface area (Å²) in [6, 6.07) is 37.9. The van der Waals surface area contributed by atoms with Crippen LogP contribution in [0, 0.1) is 0 Å². The van der Waals surface area contributed by atoms with Gasteiger partial charge in [-0.05, 0) is 19.6 Å². The molecule has 0 amide bonds. The standard InChI is InChI=1S/C27H21NO3.C6H15N/c29-26(30)25(21-13-5-1-6-14-21)28-31-27(22-15-7-2-8-16-22,23-17-9-3-10-18-23)24-19-11-4-12-20-24;1-4-7(5-2)6-3/h1-20H,(H,29,30);4-6H2,1-3H3. The highest BCUT2D eigenvalue weighted by Gasteiger charge is 2.40. The molecule has 0 spiro atoms. The lowest BCUT2D eigenvalue weighted by molar-refractivity contribution is -0.129. The Kier molecular flexibility index (Phi) is 10.8. The highest BCUT2D eigenvalue weighted by Crippen LogP contribution is 2.40. The zero-order valence-corrected chi connectivity index (χ0v) is 22.3. The van der Waals surface area contributed by atoms with Crippen LogP contribution in [0.4, 0.5) is 0 Å². The van der Waals surface area contributed by atoms with Crippen molar-refractivity contribution in [3.63, 3.8) is 0 Å². The van der Waals surface area contributed by atoms with Gasteiger partial charge in [-0.15, -0.1) is 0 Å². The van der Waals surface area contributed by atoms with E-state index in [2.05, 4.69) is 30.8 Å². The lowest BCUT2D eigenvalue weighted by atomic mass is 9.80. The largest absolute Gasteiger partial charge is 0.476 e. The summed E-state index contributed by atoms with van der Waals surface area (Å²) in [4.78, 5) is 20.7. The van der Waals surface area contributed by atoms with E-state index >= 15 is 0 Å². The Labute approximate surface area is 226 Å². The first-order chi connectivity index (χ1) is 18.6. The third-order valence-electron chi connectivity index (χ3n) is 6.41. The zero-order chi connectivity index (χ0) is 27.2. The maximum absolute atomic E-state index is 12.0. The number of rotatable bonds is 10. The number of carboxylic acid groups (broad SMARTS) is 1. The molecular weight excluding hydrogens is 472 g/mol. The molecule has 0 saturated heterocycles. The van der Waals surface area contributed by atoms with Crippen LogP contribution < -0.4 is 0 Å². The molecule has 0 aromatic heterocycles. The Balaban J connectivity index is 0.000000505. The molecule has 5 heteroatoms. The van der Waals surface area contributed by atoms with Crippen molar-refractivity contribution in [2.24, 2.45) is 5.16 Å². The van der Waals surface area contributed by atoms with E-state index < -0.39 is 11.6 Å². The van der Waals surface area contributed by atoms with Gasteiger partial charge in [-0.25, -0.2) is 4.79 Å². The van der Waals surface area contributed by atoms with Gasteiger partial charge in [0.1, 0.15) is 0 Å². The Bertz CT molecular complexity index is 1150. The van der Waals surface area contributed by atoms with Crippen LogP contribution in [-0.4, -0.2) is 41.3 Å². The Morgan fingerprint density at radius 3 is 1.29 bits per heavy atom. The molecule has 0 atom stereocenters. The topological polar surface area (TPSA) is 62.1 Å². The normalized spacial score (nSPS) is 11.4. The molecule has 4 rings (SSSR count). The molecule has 196 valence electrons. The van der Waals surface area contributed by atoms with E-state index in [0.717, 1.165) is 16.7 Å². The van der Waals surface area contributed by atoms with Gasteiger partial charge in [0.05, 0.1) is 0 Å². The molecule has 0 fully saturated rings. The molecule has 1 N–H and O–H groups in total. The predicted octanol–water partition coefficient (Wildman–Crippen LogP) is 6.83. The van der Waals surface area contributed by atoms with E-state index in [1.54, 1.807) is 24.3 Å². The van der Waals surface area contributed by atoms with E-state index in [9.17, 15) is 9.90 Å². The van der Waals surface area contributed by atoms with Crippen LogP contribution in [0.3, 0.4) is 0 Å². The van der Waals surface area contributed by atoms with Gasteiger partial charge in [0.2, 0.25) is 5.60 Å². The monoisotopic (exact) mass is 508 g/mol. The SMILES string of the molecule is CCN(CC)CC.O=C(O)C(=NOC(c1ccccc1)(c1ccccc1)c1ccccc1)c1ccccc1. The number of carboxylic acids is 1. The lowest BCUT2D eigenvalue weighted by Gasteiger charge is -2.33. The van der Waals surface area contributed by atoms with Crippen LogP contribution in [0.25, 0.3) is 0 Å². The average molecular weight is 509 g/mol. The summed E-state index contributed by atoms with van der Waals surface area (Å²) < 4.78 is 0. The van der Waals surface area contributed by atoms with E-state index in [-0.39, 0.29) is 5.71 Å². The number of nitrogens with zero attached hydrogens (tertiary/aromatic N) is 2. The summed E-state index contributed by atoms with van der Waals surface area (Å²) >= 11 is 0. The van der Waals surface area contributed by atoms with Crippen LogP contribution in [0.5, 0.6) is 0 Å². The second-order valence-electron chi connectivity index (χ2n) is 8.60. The van der Waals surface area contributed by atoms with Gasteiger partial charge in [-0.1, -0.05) is 147 Å². The number of benzene rings is 4. The predicted molar refractivity (Wildman–Crippen MR) is 154 cm³/mol. The van der Waals surface area contributed by atoms with Crippen molar-refractivity contribution < 1.29 is 14.7 Å². The van der Waals surface area contributed by atoms with Gasteiger partial charge in [-0.2, -0.15) is 0 Å². The summed E-state index contributed by atoms with van der Waals surface area (Å²) in [6.07, 6.45) is 0. The van der Waals surface area contributed by atoms with E-state index in [0.29, 0.717) is 5.56 Å². The average Bonchev–Trinajstić information content (AvgIpc) is 2.98. The summed E-state index contributed by atoms with van der Waals surface area (Å²) in [6.45, 7) is 10.1. The number of hydrogen-bond donors (Lipinski definition) is 1. The smallest absolute Gasteiger partial charge is 0.358 e. The van der Waals surface area contributed by atoms with Crippen molar-refractivity contribution in [1.29, 1.82) is 0 Å². The van der Waals surface area contributed by atoms with Gasteiger partial charge in [0.15, 0.2) is 5.71 Å². The molecule has 0 unspecified atom stereocenters. The number of oxime groups is 1. The van der Waals surface area contributed by atoms with Crippen molar-refractivity contribution in [1.82, 2.24) is 4.90 Å². The molecule has 4 aromatic carbocycles. The number of hydrogen-bond acceptors (Lipinski definition) is 4. The molecule has 5 nitrogen and oxygen atoms in total. The summed E-state index contributed by atoms with van der Waals surface area (Å²) in [5.74, 6) is -1.16. The van der Waals surface area contributed by atoms with Crippen molar-refractivity contribution in [3.05, 3.63) is 144 Å². The van der Waals surface area contributed by atoms with Crippen LogP contribution in [0.2, 0.25) is 0 Å². The fourth-order valence-corrected chi connectivity index (χ4v) is 4.27. The molecule has 0 aliphatic heterocycles. The minimum Gasteiger partial charge on any atom is -0.476 e. The van der Waals surface area contributed by atoms with Crippen LogP contribution in [-0.2, 0) is 15.2 Å². The van der Waals surface area contributed by atoms with Crippen LogP contribution >= 0.6 is 0 Å². The first kappa shape index (κ1) is 28.4. The fraction of sp³-hybridized carbons (Fsp3) is 0.212. The fourth-order valence-electron chi connectivity index (χ4n) is 4.27. The Hall–Kier alpha value is -4.22. The molecule has 0 heterocycles. The molecule has 4 aromatic rings. The molecule has 38 heavy (non-hydrogen) atoms. The summed E-state index contributed by atoms with van der Waals surface area (Å²) in [5.41, 5.74) is 1.71. The Morgan fingerprint density at radius 1 is 0.658 bits per heavy atom.